The summed E-state index contributed by atoms with van der Waals surface area (Å²) in [5.74, 6) is -1.08. The first-order chi connectivity index (χ1) is 9.47. The van der Waals surface area contributed by atoms with E-state index in [4.69, 9.17) is 16.7 Å². The fraction of sp³-hybridized carbons (Fsp3) is 0.0667. The minimum atomic E-state index is -1.05. The molecular formula is C15H12ClNO3. The van der Waals surface area contributed by atoms with Gasteiger partial charge in [0, 0.05) is 16.8 Å². The molecule has 2 aromatic carbocycles. The van der Waals surface area contributed by atoms with Gasteiger partial charge < -0.3 is 10.2 Å². The predicted molar refractivity (Wildman–Crippen MR) is 78.5 cm³/mol. The number of nitrogens with zero attached hydrogens (tertiary/aromatic N) is 1. The zero-order valence-corrected chi connectivity index (χ0v) is 11.4. The molecule has 0 saturated carbocycles. The molecule has 0 unspecified atom stereocenters. The van der Waals surface area contributed by atoms with Gasteiger partial charge in [-0.05, 0) is 48.9 Å². The van der Waals surface area contributed by atoms with Crippen LogP contribution >= 0.6 is 11.6 Å². The highest BCUT2D eigenvalue weighted by molar-refractivity contribution is 6.30. The van der Waals surface area contributed by atoms with Crippen LogP contribution in [0.25, 0.3) is 0 Å². The Bertz CT molecular complexity index is 696. The molecule has 0 aliphatic rings. The number of rotatable bonds is 3. The van der Waals surface area contributed by atoms with Crippen LogP contribution < -0.4 is 0 Å². The number of carbonyl (C=O) groups is 1. The fourth-order valence-corrected chi connectivity index (χ4v) is 1.92. The van der Waals surface area contributed by atoms with Crippen molar-refractivity contribution in [3.8, 4) is 5.75 Å². The lowest BCUT2D eigenvalue weighted by atomic mass is 10.1. The van der Waals surface area contributed by atoms with E-state index in [0.717, 1.165) is 5.56 Å². The number of carboxylic acid groups (broad SMARTS) is 1. The lowest BCUT2D eigenvalue weighted by molar-refractivity contribution is 0.0697. The molecule has 0 bridgehead atoms. The highest BCUT2D eigenvalue weighted by atomic mass is 35.5. The first-order valence-corrected chi connectivity index (χ1v) is 6.21. The molecule has 2 N–H and O–H groups in total. The average Bonchev–Trinajstić information content (AvgIpc) is 2.39. The maximum absolute atomic E-state index is 10.9. The Morgan fingerprint density at radius 3 is 2.65 bits per heavy atom. The van der Waals surface area contributed by atoms with Crippen LogP contribution in [0.5, 0.6) is 5.75 Å². The van der Waals surface area contributed by atoms with Crippen molar-refractivity contribution in [2.75, 3.05) is 0 Å². The molecule has 5 heteroatoms. The summed E-state index contributed by atoms with van der Waals surface area (Å²) in [6.45, 7) is 1.87. The molecule has 2 aromatic rings. The lowest BCUT2D eigenvalue weighted by Crippen LogP contribution is -1.97. The van der Waals surface area contributed by atoms with Crippen molar-refractivity contribution in [3.63, 3.8) is 0 Å². The number of halogens is 1. The van der Waals surface area contributed by atoms with E-state index in [9.17, 15) is 9.90 Å². The zero-order valence-electron chi connectivity index (χ0n) is 10.7. The second-order valence-electron chi connectivity index (χ2n) is 4.27. The summed E-state index contributed by atoms with van der Waals surface area (Å²) in [6, 6.07) is 9.29. The van der Waals surface area contributed by atoms with Gasteiger partial charge in [-0.15, -0.1) is 0 Å². The van der Waals surface area contributed by atoms with Crippen LogP contribution in [-0.4, -0.2) is 22.4 Å². The Morgan fingerprint density at radius 1 is 1.25 bits per heavy atom. The third-order valence-electron chi connectivity index (χ3n) is 2.78. The minimum absolute atomic E-state index is 0.0228. The van der Waals surface area contributed by atoms with E-state index in [1.807, 2.05) is 6.92 Å². The Morgan fingerprint density at radius 2 is 2.00 bits per heavy atom. The molecule has 0 saturated heterocycles. The van der Waals surface area contributed by atoms with Crippen molar-refractivity contribution in [1.29, 1.82) is 0 Å². The van der Waals surface area contributed by atoms with Crippen molar-refractivity contribution in [2.45, 2.75) is 6.92 Å². The molecular weight excluding hydrogens is 278 g/mol. The molecule has 0 aliphatic carbocycles. The summed E-state index contributed by atoms with van der Waals surface area (Å²) >= 11 is 5.86. The van der Waals surface area contributed by atoms with Gasteiger partial charge in [0.2, 0.25) is 0 Å². The van der Waals surface area contributed by atoms with Gasteiger partial charge in [-0.2, -0.15) is 0 Å². The number of aromatic carboxylic acids is 1. The molecule has 0 spiro atoms. The van der Waals surface area contributed by atoms with E-state index in [0.29, 0.717) is 16.3 Å². The standard InChI is InChI=1S/C15H12ClNO3/c1-9-6-12(16)3-4-13(9)17-8-11-7-10(15(19)20)2-5-14(11)18/h2-8,18H,1H3,(H,19,20). The van der Waals surface area contributed by atoms with Gasteiger partial charge in [0.1, 0.15) is 5.75 Å². The van der Waals surface area contributed by atoms with Crippen molar-refractivity contribution in [3.05, 3.63) is 58.1 Å². The van der Waals surface area contributed by atoms with E-state index in [2.05, 4.69) is 4.99 Å². The van der Waals surface area contributed by atoms with E-state index in [1.54, 1.807) is 18.2 Å². The van der Waals surface area contributed by atoms with Gasteiger partial charge in [0.05, 0.1) is 11.3 Å². The van der Waals surface area contributed by atoms with E-state index in [-0.39, 0.29) is 11.3 Å². The van der Waals surface area contributed by atoms with Gasteiger partial charge >= 0.3 is 5.97 Å². The number of aromatic hydroxyl groups is 1. The van der Waals surface area contributed by atoms with Gasteiger partial charge in [-0.25, -0.2) is 4.79 Å². The maximum Gasteiger partial charge on any atom is 0.335 e. The second-order valence-corrected chi connectivity index (χ2v) is 4.70. The number of phenolic OH excluding ortho intramolecular Hbond substituents is 1. The van der Waals surface area contributed by atoms with Crippen molar-refractivity contribution < 1.29 is 15.0 Å². The lowest BCUT2D eigenvalue weighted by Gasteiger charge is -2.02. The van der Waals surface area contributed by atoms with Crippen LogP contribution in [0.2, 0.25) is 5.02 Å². The topological polar surface area (TPSA) is 69.9 Å². The highest BCUT2D eigenvalue weighted by Crippen LogP contribution is 2.23. The van der Waals surface area contributed by atoms with Crippen LogP contribution in [0.3, 0.4) is 0 Å². The quantitative estimate of drug-likeness (QED) is 0.844. The molecule has 102 valence electrons. The first-order valence-electron chi connectivity index (χ1n) is 5.84. The Labute approximate surface area is 121 Å². The fourth-order valence-electron chi connectivity index (χ4n) is 1.69. The molecule has 0 atom stereocenters. The van der Waals surface area contributed by atoms with Crippen molar-refractivity contribution in [1.82, 2.24) is 0 Å². The molecule has 0 aliphatic heterocycles. The van der Waals surface area contributed by atoms with Crippen LogP contribution in [-0.2, 0) is 0 Å². The number of phenols is 1. The first kappa shape index (κ1) is 14.1. The molecule has 20 heavy (non-hydrogen) atoms. The average molecular weight is 290 g/mol. The third kappa shape index (κ3) is 3.16. The number of hydrogen-bond acceptors (Lipinski definition) is 3. The summed E-state index contributed by atoms with van der Waals surface area (Å²) in [4.78, 5) is 15.1. The molecule has 0 radical (unpaired) electrons. The van der Waals surface area contributed by atoms with Crippen LogP contribution in [0.1, 0.15) is 21.5 Å². The number of aliphatic imine (C=N–C) groups is 1. The molecule has 2 rings (SSSR count). The summed E-state index contributed by atoms with van der Waals surface area (Å²) in [5, 5.41) is 19.2. The van der Waals surface area contributed by atoms with Crippen LogP contribution in [0, 0.1) is 6.92 Å². The maximum atomic E-state index is 10.9. The van der Waals surface area contributed by atoms with Crippen LogP contribution in [0.15, 0.2) is 41.4 Å². The second kappa shape index (κ2) is 5.75. The highest BCUT2D eigenvalue weighted by Gasteiger charge is 2.06. The van der Waals surface area contributed by atoms with Gasteiger partial charge in [0.15, 0.2) is 0 Å². The largest absolute Gasteiger partial charge is 0.507 e. The zero-order chi connectivity index (χ0) is 14.7. The Balaban J connectivity index is 2.35. The normalized spacial score (nSPS) is 10.9. The molecule has 0 fully saturated rings. The summed E-state index contributed by atoms with van der Waals surface area (Å²) in [5.41, 5.74) is 2.04. The molecule has 4 nitrogen and oxygen atoms in total. The Kier molecular flexibility index (Phi) is 4.05. The molecule has 0 heterocycles. The van der Waals surface area contributed by atoms with Gasteiger partial charge in [0.25, 0.3) is 0 Å². The monoisotopic (exact) mass is 289 g/mol. The summed E-state index contributed by atoms with van der Waals surface area (Å²) < 4.78 is 0. The summed E-state index contributed by atoms with van der Waals surface area (Å²) in [6.07, 6.45) is 1.43. The number of hydrogen-bond donors (Lipinski definition) is 2. The smallest absolute Gasteiger partial charge is 0.335 e. The van der Waals surface area contributed by atoms with Gasteiger partial charge in [-0.1, -0.05) is 11.6 Å². The van der Waals surface area contributed by atoms with Gasteiger partial charge in [-0.3, -0.25) is 4.99 Å². The van der Waals surface area contributed by atoms with E-state index >= 15 is 0 Å². The Hall–Kier alpha value is -2.33. The predicted octanol–water partition coefficient (Wildman–Crippen LogP) is 3.80. The van der Waals surface area contributed by atoms with E-state index in [1.165, 1.54) is 24.4 Å². The van der Waals surface area contributed by atoms with Crippen LogP contribution in [0.4, 0.5) is 5.69 Å². The SMILES string of the molecule is Cc1cc(Cl)ccc1N=Cc1cc(C(=O)O)ccc1O. The molecule has 0 amide bonds. The number of aryl methyl sites for hydroxylation is 1. The number of benzene rings is 2. The minimum Gasteiger partial charge on any atom is -0.507 e. The summed E-state index contributed by atoms with van der Waals surface area (Å²) in [7, 11) is 0. The molecule has 0 aromatic heterocycles. The third-order valence-corrected chi connectivity index (χ3v) is 3.01. The van der Waals surface area contributed by atoms with Crippen molar-refractivity contribution in [2.24, 2.45) is 4.99 Å². The van der Waals surface area contributed by atoms with Crippen molar-refractivity contribution >= 4 is 29.5 Å². The number of carboxylic acids is 1. The van der Waals surface area contributed by atoms with E-state index < -0.39 is 5.97 Å².